The average molecular weight is 581 g/mol. The number of carbonyl (C=O) groups excluding carboxylic acids is 1. The van der Waals surface area contributed by atoms with Crippen molar-refractivity contribution in [2.45, 2.75) is 36.8 Å². The number of halogens is 1. The second-order valence-corrected chi connectivity index (χ2v) is 11.0. The van der Waals surface area contributed by atoms with Crippen LogP contribution < -0.4 is 19.6 Å². The summed E-state index contributed by atoms with van der Waals surface area (Å²) in [6.07, 6.45) is 1.70. The smallest absolute Gasteiger partial charge is 0.338 e. The number of esters is 1. The standard InChI is InChI=1S/C29H25ClN2O5S2/c1-4-35-20-10-6-18(7-11-20)26-25(28(34)36-5-2)17(3)31-29-32(26)27(33)23(39-29)16-21-12-15-24(37-21)38-22-13-8-19(30)9-14-22/h6-16,26H,4-5H2,1-3H3/b23-16+/t26-/m1/s1. The molecule has 1 atom stereocenters. The van der Waals surface area contributed by atoms with Gasteiger partial charge in [-0.15, -0.1) is 0 Å². The van der Waals surface area contributed by atoms with E-state index in [4.69, 9.17) is 25.5 Å². The molecule has 0 saturated heterocycles. The van der Waals surface area contributed by atoms with Gasteiger partial charge < -0.3 is 13.9 Å². The van der Waals surface area contributed by atoms with E-state index in [1.54, 1.807) is 24.5 Å². The van der Waals surface area contributed by atoms with Crippen LogP contribution in [0.5, 0.6) is 5.75 Å². The highest BCUT2D eigenvalue weighted by Gasteiger charge is 2.33. The van der Waals surface area contributed by atoms with Gasteiger partial charge in [-0.05, 0) is 74.9 Å². The maximum absolute atomic E-state index is 13.8. The van der Waals surface area contributed by atoms with Gasteiger partial charge in [0.05, 0.1) is 35.1 Å². The Bertz CT molecular complexity index is 1720. The molecule has 0 amide bonds. The summed E-state index contributed by atoms with van der Waals surface area (Å²) >= 11 is 8.68. The van der Waals surface area contributed by atoms with Gasteiger partial charge in [-0.1, -0.05) is 46.8 Å². The number of hydrogen-bond donors (Lipinski definition) is 0. The van der Waals surface area contributed by atoms with E-state index in [-0.39, 0.29) is 12.2 Å². The van der Waals surface area contributed by atoms with Crippen LogP contribution in [0.3, 0.4) is 0 Å². The number of ether oxygens (including phenoxy) is 2. The maximum Gasteiger partial charge on any atom is 0.338 e. The lowest BCUT2D eigenvalue weighted by Crippen LogP contribution is -2.39. The van der Waals surface area contributed by atoms with E-state index in [1.165, 1.54) is 23.1 Å². The second kappa shape index (κ2) is 11.7. The van der Waals surface area contributed by atoms with Crippen LogP contribution >= 0.6 is 34.7 Å². The SMILES string of the molecule is CCOC(=O)C1=C(C)N=c2s/c(=C/c3ccc(Sc4ccc(Cl)cc4)o3)c(=O)n2[C@@H]1c1ccc(OCC)cc1. The third-order valence-corrected chi connectivity index (χ3v) is 8.09. The summed E-state index contributed by atoms with van der Waals surface area (Å²) in [7, 11) is 0. The molecular weight excluding hydrogens is 556 g/mol. The Morgan fingerprint density at radius 1 is 1.10 bits per heavy atom. The molecule has 0 bridgehead atoms. The molecule has 1 aliphatic heterocycles. The molecule has 10 heteroatoms. The summed E-state index contributed by atoms with van der Waals surface area (Å²) in [5, 5.41) is 1.35. The van der Waals surface area contributed by atoms with E-state index < -0.39 is 12.0 Å². The number of nitrogens with zero attached hydrogens (tertiary/aromatic N) is 2. The largest absolute Gasteiger partial charge is 0.494 e. The molecule has 3 heterocycles. The first kappa shape index (κ1) is 27.1. The minimum Gasteiger partial charge on any atom is -0.494 e. The number of allylic oxidation sites excluding steroid dienone is 1. The zero-order valence-electron chi connectivity index (χ0n) is 21.5. The number of benzene rings is 2. The fourth-order valence-electron chi connectivity index (χ4n) is 4.23. The quantitative estimate of drug-likeness (QED) is 0.253. The number of aromatic nitrogens is 1. The molecule has 1 aliphatic rings. The average Bonchev–Trinajstić information content (AvgIpc) is 3.48. The zero-order chi connectivity index (χ0) is 27.5. The molecular formula is C29H25ClN2O5S2. The molecule has 0 N–H and O–H groups in total. The van der Waals surface area contributed by atoms with Crippen LogP contribution in [-0.2, 0) is 9.53 Å². The van der Waals surface area contributed by atoms with Gasteiger partial charge in [0.15, 0.2) is 9.89 Å². The fourth-order valence-corrected chi connectivity index (χ4v) is 6.17. The summed E-state index contributed by atoms with van der Waals surface area (Å²) in [5.41, 5.74) is 1.33. The molecule has 0 fully saturated rings. The number of carbonyl (C=O) groups is 1. The first-order chi connectivity index (χ1) is 18.9. The second-order valence-electron chi connectivity index (χ2n) is 8.52. The van der Waals surface area contributed by atoms with E-state index in [2.05, 4.69) is 4.99 Å². The first-order valence-electron chi connectivity index (χ1n) is 12.3. The first-order valence-corrected chi connectivity index (χ1v) is 14.3. The van der Waals surface area contributed by atoms with Gasteiger partial charge >= 0.3 is 5.97 Å². The molecule has 4 aromatic rings. The van der Waals surface area contributed by atoms with Crippen LogP contribution in [0.2, 0.25) is 5.02 Å². The molecule has 2 aromatic carbocycles. The van der Waals surface area contributed by atoms with Gasteiger partial charge in [0, 0.05) is 16.0 Å². The zero-order valence-corrected chi connectivity index (χ0v) is 23.9. The molecule has 7 nitrogen and oxygen atoms in total. The van der Waals surface area contributed by atoms with Crippen molar-refractivity contribution >= 4 is 46.7 Å². The minimum atomic E-state index is -0.689. The lowest BCUT2D eigenvalue weighted by atomic mass is 9.96. The van der Waals surface area contributed by atoms with Crippen molar-refractivity contribution in [3.8, 4) is 5.75 Å². The van der Waals surface area contributed by atoms with Crippen LogP contribution in [0.15, 0.2) is 96.1 Å². The number of hydrogen-bond acceptors (Lipinski definition) is 8. The van der Waals surface area contributed by atoms with Crippen molar-refractivity contribution in [2.24, 2.45) is 4.99 Å². The van der Waals surface area contributed by atoms with E-state index in [9.17, 15) is 9.59 Å². The lowest BCUT2D eigenvalue weighted by Gasteiger charge is -2.24. The molecule has 2 aromatic heterocycles. The molecule has 200 valence electrons. The third kappa shape index (κ3) is 5.75. The Kier molecular flexibility index (Phi) is 8.11. The van der Waals surface area contributed by atoms with E-state index in [1.807, 2.05) is 67.6 Å². The van der Waals surface area contributed by atoms with Gasteiger partial charge in [-0.3, -0.25) is 9.36 Å². The molecule has 0 saturated carbocycles. The summed E-state index contributed by atoms with van der Waals surface area (Å²) in [6, 6.07) is 17.8. The van der Waals surface area contributed by atoms with Crippen molar-refractivity contribution in [1.29, 1.82) is 0 Å². The van der Waals surface area contributed by atoms with Crippen LogP contribution in [0.25, 0.3) is 6.08 Å². The van der Waals surface area contributed by atoms with E-state index in [0.717, 1.165) is 10.5 Å². The molecule has 0 spiro atoms. The predicted molar refractivity (Wildman–Crippen MR) is 152 cm³/mol. The highest BCUT2D eigenvalue weighted by atomic mass is 35.5. The Balaban J connectivity index is 1.55. The highest BCUT2D eigenvalue weighted by molar-refractivity contribution is 7.99. The fraction of sp³-hybridized carbons (Fsp3) is 0.207. The monoisotopic (exact) mass is 580 g/mol. The van der Waals surface area contributed by atoms with Crippen molar-refractivity contribution in [3.63, 3.8) is 0 Å². The van der Waals surface area contributed by atoms with Crippen LogP contribution in [0.1, 0.15) is 38.1 Å². The molecule has 0 radical (unpaired) electrons. The van der Waals surface area contributed by atoms with E-state index >= 15 is 0 Å². The Hall–Kier alpha value is -3.53. The topological polar surface area (TPSA) is 83.0 Å². The number of furan rings is 1. The number of rotatable bonds is 8. The minimum absolute atomic E-state index is 0.213. The van der Waals surface area contributed by atoms with Crippen LogP contribution in [-0.4, -0.2) is 23.8 Å². The predicted octanol–water partition coefficient (Wildman–Crippen LogP) is 5.59. The van der Waals surface area contributed by atoms with Crippen molar-refractivity contribution in [2.75, 3.05) is 13.2 Å². The summed E-state index contributed by atoms with van der Waals surface area (Å²) in [6.45, 7) is 6.17. The van der Waals surface area contributed by atoms with Crippen molar-refractivity contribution in [1.82, 2.24) is 4.57 Å². The third-order valence-electron chi connectivity index (χ3n) is 5.93. The van der Waals surface area contributed by atoms with Crippen LogP contribution in [0.4, 0.5) is 0 Å². The Morgan fingerprint density at radius 3 is 2.54 bits per heavy atom. The molecule has 5 rings (SSSR count). The van der Waals surface area contributed by atoms with Gasteiger partial charge in [0.2, 0.25) is 0 Å². The van der Waals surface area contributed by atoms with Crippen molar-refractivity contribution in [3.05, 3.63) is 108 Å². The summed E-state index contributed by atoms with van der Waals surface area (Å²) < 4.78 is 18.9. The van der Waals surface area contributed by atoms with Gasteiger partial charge in [-0.2, -0.15) is 0 Å². The Labute approximate surface area is 238 Å². The molecule has 0 unspecified atom stereocenters. The highest BCUT2D eigenvalue weighted by Crippen LogP contribution is 2.32. The summed E-state index contributed by atoms with van der Waals surface area (Å²) in [4.78, 5) is 32.9. The lowest BCUT2D eigenvalue weighted by molar-refractivity contribution is -0.139. The molecule has 39 heavy (non-hydrogen) atoms. The maximum atomic E-state index is 13.8. The van der Waals surface area contributed by atoms with Gasteiger partial charge in [-0.25, -0.2) is 9.79 Å². The van der Waals surface area contributed by atoms with Gasteiger partial charge in [0.1, 0.15) is 11.5 Å². The summed E-state index contributed by atoms with van der Waals surface area (Å²) in [5.74, 6) is 0.745. The number of thiazole rings is 1. The molecule has 0 aliphatic carbocycles. The van der Waals surface area contributed by atoms with E-state index in [0.29, 0.717) is 48.8 Å². The van der Waals surface area contributed by atoms with Crippen LogP contribution in [0, 0.1) is 0 Å². The van der Waals surface area contributed by atoms with Crippen molar-refractivity contribution < 1.29 is 18.7 Å². The van der Waals surface area contributed by atoms with Gasteiger partial charge in [0.25, 0.3) is 5.56 Å². The number of fused-ring (bicyclic) bond motifs is 1. The Morgan fingerprint density at radius 2 is 1.85 bits per heavy atom. The normalized spacial score (nSPS) is 15.2.